The Labute approximate surface area is 220 Å². The van der Waals surface area contributed by atoms with Crippen molar-refractivity contribution >= 4 is 23.5 Å². The molecule has 3 aromatic carbocycles. The van der Waals surface area contributed by atoms with Crippen LogP contribution >= 0.6 is 0 Å². The highest BCUT2D eigenvalue weighted by atomic mass is 16.2. The molecule has 0 aliphatic rings. The molecule has 4 rings (SSSR count). The SMILES string of the molecule is Cc1[nH]c(=O)[nH]c1C(=O)c1ccc(NC(=NCCc2ccccc2)NC(=O)NCCc2ccccc2)cc1. The Morgan fingerprint density at radius 2 is 1.45 bits per heavy atom. The Kier molecular flexibility index (Phi) is 8.85. The molecule has 0 saturated carbocycles. The number of H-pyrrole nitrogens is 2. The van der Waals surface area contributed by atoms with Crippen LogP contribution in [0.4, 0.5) is 10.5 Å². The molecule has 0 aliphatic heterocycles. The van der Waals surface area contributed by atoms with Crippen molar-refractivity contribution in [1.29, 1.82) is 0 Å². The predicted molar refractivity (Wildman–Crippen MR) is 149 cm³/mol. The lowest BCUT2D eigenvalue weighted by Gasteiger charge is -2.13. The molecule has 0 radical (unpaired) electrons. The van der Waals surface area contributed by atoms with Crippen LogP contribution in [0.3, 0.4) is 0 Å². The molecule has 0 aliphatic carbocycles. The lowest BCUT2D eigenvalue weighted by Crippen LogP contribution is -2.43. The van der Waals surface area contributed by atoms with Crippen LogP contribution in [0.5, 0.6) is 0 Å². The number of carbonyl (C=O) groups excluding carboxylic acids is 2. The maximum absolute atomic E-state index is 12.7. The quantitative estimate of drug-likeness (QED) is 0.133. The van der Waals surface area contributed by atoms with E-state index in [4.69, 9.17) is 0 Å². The fraction of sp³-hybridized carbons (Fsp3) is 0.172. The van der Waals surface area contributed by atoms with Crippen LogP contribution in [0.25, 0.3) is 0 Å². The van der Waals surface area contributed by atoms with Crippen LogP contribution in [-0.2, 0) is 12.8 Å². The standard InChI is InChI=1S/C29H30N6O3/c1-20-25(34-29(38)32-20)26(36)23-12-14-24(15-13-23)33-27(30-18-16-21-8-4-2-5-9-21)35-28(37)31-19-17-22-10-6-3-7-11-22/h2-15H,16-19H2,1H3,(H2,32,34,38)(H3,30,31,33,35,37). The number of nitrogens with zero attached hydrogens (tertiary/aromatic N) is 1. The van der Waals surface area contributed by atoms with Crippen molar-refractivity contribution < 1.29 is 9.59 Å². The van der Waals surface area contributed by atoms with Crippen LogP contribution < -0.4 is 21.6 Å². The van der Waals surface area contributed by atoms with E-state index < -0.39 is 5.69 Å². The van der Waals surface area contributed by atoms with Crippen molar-refractivity contribution in [3.63, 3.8) is 0 Å². The average Bonchev–Trinajstić information content (AvgIpc) is 3.27. The van der Waals surface area contributed by atoms with Gasteiger partial charge in [0.1, 0.15) is 5.69 Å². The summed E-state index contributed by atoms with van der Waals surface area (Å²) in [5.41, 5.74) is 3.63. The molecule has 9 heteroatoms. The number of carbonyl (C=O) groups is 2. The first-order chi connectivity index (χ1) is 18.5. The van der Waals surface area contributed by atoms with Gasteiger partial charge in [0, 0.05) is 30.0 Å². The smallest absolute Gasteiger partial charge is 0.323 e. The molecular formula is C29H30N6O3. The van der Waals surface area contributed by atoms with Crippen molar-refractivity contribution in [2.24, 2.45) is 4.99 Å². The Bertz CT molecular complexity index is 1440. The molecule has 9 nitrogen and oxygen atoms in total. The number of hydrogen-bond donors (Lipinski definition) is 5. The molecule has 4 aromatic rings. The second-order valence-corrected chi connectivity index (χ2v) is 8.69. The molecule has 0 spiro atoms. The summed E-state index contributed by atoms with van der Waals surface area (Å²) < 4.78 is 0. The summed E-state index contributed by atoms with van der Waals surface area (Å²) in [5.74, 6) is 0.00287. The molecule has 2 amide bonds. The Hall–Kier alpha value is -4.92. The van der Waals surface area contributed by atoms with E-state index in [0.29, 0.717) is 48.8 Å². The van der Waals surface area contributed by atoms with E-state index in [1.807, 2.05) is 60.7 Å². The summed E-state index contributed by atoms with van der Waals surface area (Å²) in [7, 11) is 0. The summed E-state index contributed by atoms with van der Waals surface area (Å²) in [6, 6.07) is 26.3. The predicted octanol–water partition coefficient (Wildman–Crippen LogP) is 3.79. The molecule has 0 unspecified atom stereocenters. The maximum atomic E-state index is 12.7. The maximum Gasteiger partial charge on any atom is 0.323 e. The number of amides is 2. The zero-order chi connectivity index (χ0) is 26.7. The zero-order valence-corrected chi connectivity index (χ0v) is 21.1. The van der Waals surface area contributed by atoms with E-state index in [0.717, 1.165) is 11.1 Å². The van der Waals surface area contributed by atoms with Crippen molar-refractivity contribution in [3.05, 3.63) is 123 Å². The number of aromatic amines is 2. The molecule has 38 heavy (non-hydrogen) atoms. The minimum absolute atomic E-state index is 0.229. The number of hydrogen-bond acceptors (Lipinski definition) is 4. The number of rotatable bonds is 9. The third kappa shape index (κ3) is 7.54. The average molecular weight is 511 g/mol. The topological polar surface area (TPSA) is 131 Å². The van der Waals surface area contributed by atoms with Gasteiger partial charge in [-0.3, -0.25) is 15.1 Å². The van der Waals surface area contributed by atoms with Crippen molar-refractivity contribution in [3.8, 4) is 0 Å². The highest BCUT2D eigenvalue weighted by Gasteiger charge is 2.15. The number of anilines is 1. The number of aliphatic imine (C=N–C) groups is 1. The van der Waals surface area contributed by atoms with Crippen LogP contribution in [0, 0.1) is 6.92 Å². The molecule has 0 bridgehead atoms. The number of aryl methyl sites for hydroxylation is 1. The summed E-state index contributed by atoms with van der Waals surface area (Å²) >= 11 is 0. The van der Waals surface area contributed by atoms with Gasteiger partial charge in [-0.25, -0.2) is 9.59 Å². The van der Waals surface area contributed by atoms with Gasteiger partial charge in [-0.1, -0.05) is 60.7 Å². The molecule has 0 fully saturated rings. The number of nitrogens with one attached hydrogen (secondary N) is 5. The van der Waals surface area contributed by atoms with Gasteiger partial charge in [-0.05, 0) is 55.2 Å². The summed E-state index contributed by atoms with van der Waals surface area (Å²) in [5, 5.41) is 8.78. The molecular weight excluding hydrogens is 480 g/mol. The number of benzene rings is 3. The first-order valence-electron chi connectivity index (χ1n) is 12.4. The lowest BCUT2D eigenvalue weighted by atomic mass is 10.1. The summed E-state index contributed by atoms with van der Waals surface area (Å²) in [4.78, 5) is 46.5. The molecule has 1 aromatic heterocycles. The molecule has 5 N–H and O–H groups in total. The molecule has 0 saturated heterocycles. The van der Waals surface area contributed by atoms with Gasteiger partial charge in [-0.15, -0.1) is 0 Å². The fourth-order valence-electron chi connectivity index (χ4n) is 3.85. The minimum Gasteiger partial charge on any atom is -0.337 e. The number of ketones is 1. The first-order valence-corrected chi connectivity index (χ1v) is 12.4. The van der Waals surface area contributed by atoms with Crippen molar-refractivity contribution in [2.45, 2.75) is 19.8 Å². The van der Waals surface area contributed by atoms with Crippen LogP contribution in [0.1, 0.15) is 32.9 Å². The van der Waals surface area contributed by atoms with E-state index in [2.05, 4.69) is 30.9 Å². The van der Waals surface area contributed by atoms with E-state index in [1.165, 1.54) is 0 Å². The zero-order valence-electron chi connectivity index (χ0n) is 21.1. The van der Waals surface area contributed by atoms with Gasteiger partial charge in [0.15, 0.2) is 0 Å². The monoisotopic (exact) mass is 510 g/mol. The Morgan fingerprint density at radius 3 is 2.05 bits per heavy atom. The molecule has 1 heterocycles. The second-order valence-electron chi connectivity index (χ2n) is 8.69. The van der Waals surface area contributed by atoms with Crippen LogP contribution in [0.15, 0.2) is 94.7 Å². The number of aromatic nitrogens is 2. The normalized spacial score (nSPS) is 11.1. The summed E-state index contributed by atoms with van der Waals surface area (Å²) in [6.45, 7) is 2.60. The van der Waals surface area contributed by atoms with Crippen molar-refractivity contribution in [2.75, 3.05) is 18.4 Å². The second kappa shape index (κ2) is 12.9. The van der Waals surface area contributed by atoms with Gasteiger partial charge in [0.05, 0.1) is 0 Å². The van der Waals surface area contributed by atoms with Crippen LogP contribution in [-0.4, -0.2) is 40.8 Å². The van der Waals surface area contributed by atoms with E-state index in [-0.39, 0.29) is 17.5 Å². The molecule has 194 valence electrons. The largest absolute Gasteiger partial charge is 0.337 e. The van der Waals surface area contributed by atoms with E-state index >= 15 is 0 Å². The highest BCUT2D eigenvalue weighted by Crippen LogP contribution is 2.14. The Balaban J connectivity index is 1.40. The number of guanidine groups is 1. The van der Waals surface area contributed by atoms with Gasteiger partial charge in [-0.2, -0.15) is 0 Å². The fourth-order valence-corrected chi connectivity index (χ4v) is 3.85. The molecule has 0 atom stereocenters. The van der Waals surface area contributed by atoms with Gasteiger partial charge >= 0.3 is 11.7 Å². The Morgan fingerprint density at radius 1 is 0.816 bits per heavy atom. The minimum atomic E-state index is -0.423. The van der Waals surface area contributed by atoms with E-state index in [9.17, 15) is 14.4 Å². The van der Waals surface area contributed by atoms with Gasteiger partial charge in [0.2, 0.25) is 11.7 Å². The summed E-state index contributed by atoms with van der Waals surface area (Å²) in [6.07, 6.45) is 1.43. The van der Waals surface area contributed by atoms with E-state index in [1.54, 1.807) is 31.2 Å². The van der Waals surface area contributed by atoms with Gasteiger partial charge in [0.25, 0.3) is 0 Å². The third-order valence-electron chi connectivity index (χ3n) is 5.84. The number of urea groups is 1. The number of imidazole rings is 1. The van der Waals surface area contributed by atoms with Gasteiger partial charge < -0.3 is 20.6 Å². The third-order valence-corrected chi connectivity index (χ3v) is 5.84. The highest BCUT2D eigenvalue weighted by molar-refractivity contribution is 6.09. The van der Waals surface area contributed by atoms with Crippen molar-refractivity contribution in [1.82, 2.24) is 20.6 Å². The first kappa shape index (κ1) is 26.2. The lowest BCUT2D eigenvalue weighted by molar-refractivity contribution is 0.103. The van der Waals surface area contributed by atoms with Crippen LogP contribution in [0.2, 0.25) is 0 Å².